The second kappa shape index (κ2) is 7.63. The number of carbonyl (C=O) groups is 1. The van der Waals surface area contributed by atoms with Crippen molar-refractivity contribution < 1.29 is 13.2 Å². The van der Waals surface area contributed by atoms with E-state index in [9.17, 15) is 13.2 Å². The number of nitrogens with zero attached hydrogens (tertiary/aromatic N) is 1. The third-order valence-electron chi connectivity index (χ3n) is 4.29. The van der Waals surface area contributed by atoms with E-state index < -0.39 is 10.0 Å². The van der Waals surface area contributed by atoms with Gasteiger partial charge in [0, 0.05) is 18.3 Å². The van der Waals surface area contributed by atoms with Gasteiger partial charge in [0.15, 0.2) is 0 Å². The Kier molecular flexibility index (Phi) is 5.28. The van der Waals surface area contributed by atoms with Crippen molar-refractivity contribution in [2.45, 2.75) is 11.8 Å². The molecule has 1 amide bonds. The quantitative estimate of drug-likeness (QED) is 0.725. The SMILES string of the molecule is Cc1ccccc1NC(=O)c1ccc(N(C)S(=O)(=O)c2ccccc2)cc1. The molecule has 3 rings (SSSR count). The third-order valence-corrected chi connectivity index (χ3v) is 6.09. The topological polar surface area (TPSA) is 66.5 Å². The number of para-hydroxylation sites is 1. The smallest absolute Gasteiger partial charge is 0.264 e. The van der Waals surface area contributed by atoms with Gasteiger partial charge in [-0.3, -0.25) is 9.10 Å². The molecule has 0 aliphatic rings. The number of hydrogen-bond acceptors (Lipinski definition) is 3. The Balaban J connectivity index is 1.79. The van der Waals surface area contributed by atoms with Crippen molar-refractivity contribution in [2.24, 2.45) is 0 Å². The van der Waals surface area contributed by atoms with Crippen LogP contribution in [-0.4, -0.2) is 21.4 Å². The van der Waals surface area contributed by atoms with E-state index in [1.165, 1.54) is 11.4 Å². The maximum Gasteiger partial charge on any atom is 0.264 e. The van der Waals surface area contributed by atoms with Gasteiger partial charge in [-0.15, -0.1) is 0 Å². The second-order valence-electron chi connectivity index (χ2n) is 6.10. The van der Waals surface area contributed by atoms with E-state index in [0.29, 0.717) is 11.3 Å². The molecule has 0 heterocycles. The molecule has 5 nitrogen and oxygen atoms in total. The molecule has 0 unspecified atom stereocenters. The van der Waals surface area contributed by atoms with Crippen LogP contribution in [0.25, 0.3) is 0 Å². The van der Waals surface area contributed by atoms with Gasteiger partial charge in [0.05, 0.1) is 10.6 Å². The van der Waals surface area contributed by atoms with Crippen LogP contribution < -0.4 is 9.62 Å². The first kappa shape index (κ1) is 18.7. The zero-order valence-electron chi connectivity index (χ0n) is 15.1. The van der Waals surface area contributed by atoms with Crippen LogP contribution in [0.1, 0.15) is 15.9 Å². The molecule has 0 aliphatic carbocycles. The summed E-state index contributed by atoms with van der Waals surface area (Å²) in [6, 6.07) is 22.2. The first-order valence-corrected chi connectivity index (χ1v) is 9.84. The molecule has 0 aromatic heterocycles. The molecular formula is C21H20N2O3S. The Morgan fingerprint density at radius 3 is 2.07 bits per heavy atom. The number of aryl methyl sites for hydroxylation is 1. The molecule has 0 aliphatic heterocycles. The lowest BCUT2D eigenvalue weighted by Gasteiger charge is -2.19. The summed E-state index contributed by atoms with van der Waals surface area (Å²) in [7, 11) is -2.16. The summed E-state index contributed by atoms with van der Waals surface area (Å²) in [5.41, 5.74) is 2.64. The van der Waals surface area contributed by atoms with Crippen LogP contribution >= 0.6 is 0 Å². The predicted octanol–water partition coefficient (Wildman–Crippen LogP) is 4.07. The molecule has 0 saturated heterocycles. The van der Waals surface area contributed by atoms with Gasteiger partial charge in [0.1, 0.15) is 0 Å². The molecule has 0 saturated carbocycles. The van der Waals surface area contributed by atoms with Crippen LogP contribution in [0, 0.1) is 6.92 Å². The number of carbonyl (C=O) groups excluding carboxylic acids is 1. The van der Waals surface area contributed by atoms with Crippen molar-refractivity contribution in [3.05, 3.63) is 90.0 Å². The molecule has 138 valence electrons. The van der Waals surface area contributed by atoms with Crippen LogP contribution in [0.4, 0.5) is 11.4 Å². The summed E-state index contributed by atoms with van der Waals surface area (Å²) in [6.07, 6.45) is 0. The normalized spacial score (nSPS) is 11.0. The van der Waals surface area contributed by atoms with Crippen molar-refractivity contribution >= 4 is 27.3 Å². The summed E-state index contributed by atoms with van der Waals surface area (Å²) < 4.78 is 26.6. The van der Waals surface area contributed by atoms with Gasteiger partial charge >= 0.3 is 0 Å². The maximum atomic E-state index is 12.7. The fourth-order valence-corrected chi connectivity index (χ4v) is 3.84. The fraction of sp³-hybridized carbons (Fsp3) is 0.0952. The number of hydrogen-bond donors (Lipinski definition) is 1. The number of rotatable bonds is 5. The van der Waals surface area contributed by atoms with Gasteiger partial charge < -0.3 is 5.32 Å². The van der Waals surface area contributed by atoms with E-state index >= 15 is 0 Å². The van der Waals surface area contributed by atoms with Crippen molar-refractivity contribution in [2.75, 3.05) is 16.7 Å². The molecule has 3 aromatic carbocycles. The molecule has 3 aromatic rings. The predicted molar refractivity (Wildman–Crippen MR) is 108 cm³/mol. The molecule has 0 fully saturated rings. The Morgan fingerprint density at radius 1 is 0.852 bits per heavy atom. The summed E-state index contributed by atoms with van der Waals surface area (Å²) >= 11 is 0. The standard InChI is InChI=1S/C21H20N2O3S/c1-16-8-6-7-11-20(16)22-21(24)17-12-14-18(15-13-17)23(2)27(25,26)19-9-4-3-5-10-19/h3-15H,1-2H3,(H,22,24). The van der Waals surface area contributed by atoms with E-state index in [1.807, 2.05) is 31.2 Å². The first-order chi connectivity index (χ1) is 12.9. The van der Waals surface area contributed by atoms with Gasteiger partial charge in [-0.2, -0.15) is 0 Å². The Hall–Kier alpha value is -3.12. The van der Waals surface area contributed by atoms with Gasteiger partial charge in [-0.1, -0.05) is 36.4 Å². The highest BCUT2D eigenvalue weighted by Gasteiger charge is 2.21. The van der Waals surface area contributed by atoms with Gasteiger partial charge in [0.25, 0.3) is 15.9 Å². The van der Waals surface area contributed by atoms with Crippen LogP contribution in [0.5, 0.6) is 0 Å². The lowest BCUT2D eigenvalue weighted by atomic mass is 10.1. The maximum absolute atomic E-state index is 12.7. The van der Waals surface area contributed by atoms with Gasteiger partial charge in [-0.25, -0.2) is 8.42 Å². The van der Waals surface area contributed by atoms with Crippen LogP contribution in [0.15, 0.2) is 83.8 Å². The number of anilines is 2. The lowest BCUT2D eigenvalue weighted by molar-refractivity contribution is 0.102. The number of nitrogens with one attached hydrogen (secondary N) is 1. The molecular weight excluding hydrogens is 360 g/mol. The zero-order valence-corrected chi connectivity index (χ0v) is 15.9. The van der Waals surface area contributed by atoms with E-state index in [4.69, 9.17) is 0 Å². The monoisotopic (exact) mass is 380 g/mol. The van der Waals surface area contributed by atoms with E-state index in [-0.39, 0.29) is 10.8 Å². The number of amides is 1. The average Bonchev–Trinajstić information content (AvgIpc) is 2.70. The van der Waals surface area contributed by atoms with Gasteiger partial charge in [0.2, 0.25) is 0 Å². The van der Waals surface area contributed by atoms with Gasteiger partial charge in [-0.05, 0) is 55.0 Å². The minimum Gasteiger partial charge on any atom is -0.322 e. The van der Waals surface area contributed by atoms with Crippen molar-refractivity contribution in [1.82, 2.24) is 0 Å². The highest BCUT2D eigenvalue weighted by molar-refractivity contribution is 7.92. The number of sulfonamides is 1. The Bertz CT molecular complexity index is 1050. The molecule has 0 radical (unpaired) electrons. The van der Waals surface area contributed by atoms with Crippen LogP contribution in [0.3, 0.4) is 0 Å². The molecule has 1 N–H and O–H groups in total. The molecule has 27 heavy (non-hydrogen) atoms. The second-order valence-corrected chi connectivity index (χ2v) is 8.07. The molecule has 6 heteroatoms. The average molecular weight is 380 g/mol. The van der Waals surface area contributed by atoms with E-state index in [2.05, 4.69) is 5.32 Å². The third kappa shape index (κ3) is 4.01. The Morgan fingerprint density at radius 2 is 1.44 bits per heavy atom. The Labute approximate surface area is 159 Å². The molecule has 0 spiro atoms. The van der Waals surface area contributed by atoms with E-state index in [0.717, 1.165) is 11.3 Å². The summed E-state index contributed by atoms with van der Waals surface area (Å²) in [6.45, 7) is 1.92. The number of benzene rings is 3. The minimum atomic E-state index is -3.65. The lowest BCUT2D eigenvalue weighted by Crippen LogP contribution is -2.26. The summed E-state index contributed by atoms with van der Waals surface area (Å²) in [5.74, 6) is -0.246. The largest absolute Gasteiger partial charge is 0.322 e. The highest BCUT2D eigenvalue weighted by Crippen LogP contribution is 2.23. The van der Waals surface area contributed by atoms with Crippen LogP contribution in [0.2, 0.25) is 0 Å². The van der Waals surface area contributed by atoms with E-state index in [1.54, 1.807) is 54.6 Å². The van der Waals surface area contributed by atoms with Crippen molar-refractivity contribution in [3.63, 3.8) is 0 Å². The summed E-state index contributed by atoms with van der Waals surface area (Å²) in [5, 5.41) is 2.86. The fourth-order valence-electron chi connectivity index (χ4n) is 2.62. The van der Waals surface area contributed by atoms with Crippen molar-refractivity contribution in [3.8, 4) is 0 Å². The zero-order chi connectivity index (χ0) is 19.4. The summed E-state index contributed by atoms with van der Waals surface area (Å²) in [4.78, 5) is 12.6. The minimum absolute atomic E-state index is 0.217. The first-order valence-electron chi connectivity index (χ1n) is 8.40. The van der Waals surface area contributed by atoms with Crippen molar-refractivity contribution in [1.29, 1.82) is 0 Å². The van der Waals surface area contributed by atoms with Crippen LogP contribution in [-0.2, 0) is 10.0 Å². The molecule has 0 atom stereocenters. The molecule has 0 bridgehead atoms. The highest BCUT2D eigenvalue weighted by atomic mass is 32.2.